The van der Waals surface area contributed by atoms with Gasteiger partial charge in [-0.3, -0.25) is 9.78 Å². The molecule has 0 N–H and O–H groups in total. The fourth-order valence-electron chi connectivity index (χ4n) is 5.13. The van der Waals surface area contributed by atoms with Gasteiger partial charge in [0.15, 0.2) is 0 Å². The predicted octanol–water partition coefficient (Wildman–Crippen LogP) is 3.61. The number of benzene rings is 1. The average Bonchev–Trinajstić information content (AvgIpc) is 2.82. The summed E-state index contributed by atoms with van der Waals surface area (Å²) in [5, 5.41) is 1.04. The topological polar surface area (TPSA) is 39.2 Å². The molecule has 4 fully saturated rings. The summed E-state index contributed by atoms with van der Waals surface area (Å²) in [6.45, 7) is 0.103. The van der Waals surface area contributed by atoms with Crippen molar-refractivity contribution in [1.82, 2.24) is 4.98 Å². The van der Waals surface area contributed by atoms with Gasteiger partial charge in [-0.05, 0) is 36.8 Å². The molecule has 0 saturated heterocycles. The van der Waals surface area contributed by atoms with Gasteiger partial charge >= 0.3 is 5.97 Å². The number of carbonyl (C=O) groups excluding carboxylic acids is 1. The van der Waals surface area contributed by atoms with Gasteiger partial charge in [-0.15, -0.1) is 0 Å². The van der Waals surface area contributed by atoms with Gasteiger partial charge in [0.1, 0.15) is 5.41 Å². The zero-order valence-corrected chi connectivity index (χ0v) is 13.0. The molecule has 0 aliphatic heterocycles. The Hall–Kier alpha value is -2.04. The van der Waals surface area contributed by atoms with E-state index in [0.717, 1.165) is 16.6 Å². The molecule has 0 radical (unpaired) electrons. The van der Waals surface area contributed by atoms with Crippen LogP contribution in [-0.2, 0) is 16.0 Å². The molecule has 4 bridgehead atoms. The van der Waals surface area contributed by atoms with Crippen molar-refractivity contribution in [3.05, 3.63) is 42.1 Å². The molecular weight excluding hydrogens is 312 g/mol. The van der Waals surface area contributed by atoms with Crippen LogP contribution in [0.15, 0.2) is 36.4 Å². The van der Waals surface area contributed by atoms with Crippen LogP contribution >= 0.6 is 0 Å². The van der Waals surface area contributed by atoms with E-state index in [0.29, 0.717) is 19.3 Å². The third-order valence-electron chi connectivity index (χ3n) is 6.27. The maximum Gasteiger partial charge on any atom is 0.318 e. The van der Waals surface area contributed by atoms with E-state index in [9.17, 15) is 13.6 Å². The van der Waals surface area contributed by atoms with Crippen LogP contribution in [0.4, 0.5) is 8.78 Å². The largest absolute Gasteiger partial charge is 0.465 e. The number of nitrogens with zero attached hydrogens (tertiary/aromatic N) is 1. The van der Waals surface area contributed by atoms with E-state index in [-0.39, 0.29) is 18.4 Å². The van der Waals surface area contributed by atoms with Gasteiger partial charge in [0, 0.05) is 23.4 Å². The Labute approximate surface area is 138 Å². The minimum Gasteiger partial charge on any atom is -0.465 e. The number of hydrogen-bond acceptors (Lipinski definition) is 3. The molecule has 4 aliphatic rings. The molecule has 5 heteroatoms. The number of aromatic nitrogens is 1. The van der Waals surface area contributed by atoms with Crippen LogP contribution in [0.3, 0.4) is 0 Å². The highest BCUT2D eigenvalue weighted by Gasteiger charge is 2.92. The minimum absolute atomic E-state index is 0.103. The molecule has 4 aliphatic carbocycles. The summed E-state index contributed by atoms with van der Waals surface area (Å²) in [6, 6.07) is 11.6. The van der Waals surface area contributed by atoms with Gasteiger partial charge in [0.2, 0.25) is 0 Å². The fourth-order valence-corrected chi connectivity index (χ4v) is 5.13. The summed E-state index contributed by atoms with van der Waals surface area (Å²) in [4.78, 5) is 16.9. The number of pyridine rings is 1. The molecule has 0 amide bonds. The standard InChI is InChI=1S/C19H17F2NO2/c20-19(21)12-9-14-15(10-12)18(14,19)17(23)24-8-7-13-6-5-11-3-1-2-4-16(11)22-13/h1-6,12,14-15H,7-10H2. The molecular formula is C19H17F2NO2. The average molecular weight is 329 g/mol. The first-order valence-electron chi connectivity index (χ1n) is 8.45. The SMILES string of the molecule is O=C(OCCc1ccc2ccccc2n1)C12C3CC(CC31)C2(F)F. The van der Waals surface area contributed by atoms with Crippen molar-refractivity contribution in [3.63, 3.8) is 0 Å². The molecule has 2 unspecified atom stereocenters. The molecule has 1 heterocycles. The van der Waals surface area contributed by atoms with Crippen LogP contribution in [0.25, 0.3) is 10.9 Å². The number of hydrogen-bond donors (Lipinski definition) is 0. The van der Waals surface area contributed by atoms with Crippen LogP contribution in [0.1, 0.15) is 18.5 Å². The molecule has 2 atom stereocenters. The minimum atomic E-state index is -2.87. The lowest BCUT2D eigenvalue weighted by molar-refractivity contribution is -0.167. The normalized spacial score (nSPS) is 34.5. The van der Waals surface area contributed by atoms with E-state index in [1.165, 1.54) is 0 Å². The third kappa shape index (κ3) is 1.60. The van der Waals surface area contributed by atoms with E-state index in [2.05, 4.69) is 4.98 Å². The van der Waals surface area contributed by atoms with E-state index >= 15 is 0 Å². The fraction of sp³-hybridized carbons (Fsp3) is 0.474. The monoisotopic (exact) mass is 329 g/mol. The summed E-state index contributed by atoms with van der Waals surface area (Å²) in [6.07, 6.45) is 1.41. The second-order valence-corrected chi connectivity index (χ2v) is 7.25. The molecule has 3 nitrogen and oxygen atoms in total. The van der Waals surface area contributed by atoms with Gasteiger partial charge in [-0.2, -0.15) is 0 Å². The van der Waals surface area contributed by atoms with Crippen molar-refractivity contribution in [1.29, 1.82) is 0 Å². The number of alkyl halides is 2. The zero-order valence-electron chi connectivity index (χ0n) is 13.0. The molecule has 4 saturated carbocycles. The van der Waals surface area contributed by atoms with E-state index < -0.39 is 23.2 Å². The highest BCUT2D eigenvalue weighted by molar-refractivity contribution is 5.85. The molecule has 6 rings (SSSR count). The Morgan fingerprint density at radius 1 is 1.17 bits per heavy atom. The summed E-state index contributed by atoms with van der Waals surface area (Å²) in [5.41, 5.74) is 0.188. The van der Waals surface area contributed by atoms with Crippen molar-refractivity contribution in [2.75, 3.05) is 6.61 Å². The molecule has 1 aromatic heterocycles. The van der Waals surface area contributed by atoms with Crippen LogP contribution < -0.4 is 0 Å². The smallest absolute Gasteiger partial charge is 0.318 e. The Kier molecular flexibility index (Phi) is 2.70. The Balaban J connectivity index is 1.26. The molecule has 2 aromatic rings. The Morgan fingerprint density at radius 2 is 1.92 bits per heavy atom. The second kappa shape index (κ2) is 4.52. The van der Waals surface area contributed by atoms with E-state index in [1.54, 1.807) is 0 Å². The molecule has 124 valence electrons. The summed E-state index contributed by atoms with van der Waals surface area (Å²) in [7, 11) is 0. The highest BCUT2D eigenvalue weighted by Crippen LogP contribution is 2.84. The Bertz CT molecular complexity index is 838. The van der Waals surface area contributed by atoms with Gasteiger partial charge in [-0.25, -0.2) is 8.78 Å². The zero-order chi connectivity index (χ0) is 16.5. The van der Waals surface area contributed by atoms with Gasteiger partial charge in [-0.1, -0.05) is 24.3 Å². The number of halogens is 2. The quantitative estimate of drug-likeness (QED) is 0.805. The van der Waals surface area contributed by atoms with Crippen molar-refractivity contribution in [2.45, 2.75) is 25.2 Å². The maximum atomic E-state index is 14.3. The number of para-hydroxylation sites is 1. The lowest BCUT2D eigenvalue weighted by Gasteiger charge is -2.21. The molecule has 24 heavy (non-hydrogen) atoms. The maximum absolute atomic E-state index is 14.3. The van der Waals surface area contributed by atoms with E-state index in [4.69, 9.17) is 4.74 Å². The van der Waals surface area contributed by atoms with E-state index in [1.807, 2.05) is 36.4 Å². The summed E-state index contributed by atoms with van der Waals surface area (Å²) < 4.78 is 33.9. The number of esters is 1. The van der Waals surface area contributed by atoms with Crippen LogP contribution in [0, 0.1) is 23.2 Å². The lowest BCUT2D eigenvalue weighted by atomic mass is 9.99. The molecule has 1 aromatic carbocycles. The number of rotatable bonds is 4. The van der Waals surface area contributed by atoms with Gasteiger partial charge in [0.05, 0.1) is 12.1 Å². The van der Waals surface area contributed by atoms with Gasteiger partial charge < -0.3 is 4.74 Å². The van der Waals surface area contributed by atoms with Crippen molar-refractivity contribution in [3.8, 4) is 0 Å². The summed E-state index contributed by atoms with van der Waals surface area (Å²) in [5.74, 6) is -4.47. The number of fused-ring (bicyclic) bond motifs is 1. The second-order valence-electron chi connectivity index (χ2n) is 7.25. The first-order valence-corrected chi connectivity index (χ1v) is 8.45. The lowest BCUT2D eigenvalue weighted by Crippen LogP contribution is -2.37. The Morgan fingerprint density at radius 3 is 2.62 bits per heavy atom. The predicted molar refractivity (Wildman–Crippen MR) is 83.5 cm³/mol. The number of carbonyl (C=O) groups is 1. The third-order valence-corrected chi connectivity index (χ3v) is 6.27. The first kappa shape index (κ1) is 14.3. The van der Waals surface area contributed by atoms with Crippen molar-refractivity contribution >= 4 is 16.9 Å². The summed E-state index contributed by atoms with van der Waals surface area (Å²) >= 11 is 0. The van der Waals surface area contributed by atoms with Crippen molar-refractivity contribution in [2.24, 2.45) is 23.2 Å². The highest BCUT2D eigenvalue weighted by atomic mass is 19.3. The first-order chi connectivity index (χ1) is 11.5. The van der Waals surface area contributed by atoms with Crippen LogP contribution in [0.5, 0.6) is 0 Å². The molecule has 0 spiro atoms. The van der Waals surface area contributed by atoms with Crippen molar-refractivity contribution < 1.29 is 18.3 Å². The van der Waals surface area contributed by atoms with Gasteiger partial charge in [0.25, 0.3) is 5.92 Å². The van der Waals surface area contributed by atoms with Crippen LogP contribution in [0.2, 0.25) is 0 Å². The number of ether oxygens (including phenoxy) is 1. The van der Waals surface area contributed by atoms with Crippen LogP contribution in [-0.4, -0.2) is 23.5 Å².